The van der Waals surface area contributed by atoms with Gasteiger partial charge in [0.15, 0.2) is 0 Å². The Bertz CT molecular complexity index is 412. The van der Waals surface area contributed by atoms with Crippen molar-refractivity contribution in [3.8, 4) is 10.6 Å². The number of aromatic nitrogens is 2. The van der Waals surface area contributed by atoms with Gasteiger partial charge in [-0.1, -0.05) is 0 Å². The second kappa shape index (κ2) is 5.00. The van der Waals surface area contributed by atoms with Gasteiger partial charge in [-0.3, -0.25) is 4.98 Å². The van der Waals surface area contributed by atoms with Gasteiger partial charge in [0.05, 0.1) is 0 Å². The van der Waals surface area contributed by atoms with Gasteiger partial charge in [0.1, 0.15) is 5.01 Å². The van der Waals surface area contributed by atoms with Gasteiger partial charge >= 0.3 is 0 Å². The van der Waals surface area contributed by atoms with Crippen molar-refractivity contribution in [2.45, 2.75) is 12.8 Å². The highest BCUT2D eigenvalue weighted by molar-refractivity contribution is 7.13. The Hall–Kier alpha value is -1.26. The molecule has 0 radical (unpaired) electrons. The molecule has 3 nitrogen and oxygen atoms in total. The lowest BCUT2D eigenvalue weighted by atomic mass is 10.1. The molecule has 0 aliphatic rings. The second-order valence-corrected chi connectivity index (χ2v) is 4.16. The van der Waals surface area contributed by atoms with Crippen molar-refractivity contribution in [3.63, 3.8) is 0 Å². The van der Waals surface area contributed by atoms with E-state index in [-0.39, 0.29) is 0 Å². The fourth-order valence-electron chi connectivity index (χ4n) is 1.48. The maximum absolute atomic E-state index is 5.51. The van der Waals surface area contributed by atoms with Crippen molar-refractivity contribution in [1.29, 1.82) is 0 Å². The van der Waals surface area contributed by atoms with Crippen LogP contribution in [0.25, 0.3) is 10.6 Å². The summed E-state index contributed by atoms with van der Waals surface area (Å²) in [6, 6.07) is 2.02. The monoisotopic (exact) mass is 219 g/mol. The van der Waals surface area contributed by atoms with Crippen molar-refractivity contribution >= 4 is 11.3 Å². The summed E-state index contributed by atoms with van der Waals surface area (Å²) >= 11 is 1.65. The molecule has 2 aromatic heterocycles. The Labute approximate surface area is 93.0 Å². The summed E-state index contributed by atoms with van der Waals surface area (Å²) < 4.78 is 0. The van der Waals surface area contributed by atoms with Gasteiger partial charge in [0.2, 0.25) is 0 Å². The molecule has 0 spiro atoms. The molecule has 15 heavy (non-hydrogen) atoms. The lowest BCUT2D eigenvalue weighted by Gasteiger charge is -2.05. The number of nitrogens with zero attached hydrogens (tertiary/aromatic N) is 2. The molecule has 0 aromatic carbocycles. The number of nitrogens with two attached hydrogens (primary N) is 1. The molecule has 0 saturated carbocycles. The summed E-state index contributed by atoms with van der Waals surface area (Å²) in [5, 5.41) is 3.05. The standard InChI is InChI=1S/C11H13N3S/c12-4-1-2-9-8-13-5-3-10(9)11-14-6-7-15-11/h3,5-8H,1-2,4,12H2. The van der Waals surface area contributed by atoms with Gasteiger partial charge in [-0.15, -0.1) is 11.3 Å². The van der Waals surface area contributed by atoms with E-state index in [0.29, 0.717) is 6.54 Å². The van der Waals surface area contributed by atoms with Crippen LogP contribution in [-0.2, 0) is 6.42 Å². The number of thiazole rings is 1. The lowest BCUT2D eigenvalue weighted by molar-refractivity contribution is 0.830. The Balaban J connectivity index is 2.30. The van der Waals surface area contributed by atoms with E-state index in [1.807, 2.05) is 30.0 Å². The average molecular weight is 219 g/mol. The fourth-order valence-corrected chi connectivity index (χ4v) is 2.18. The van der Waals surface area contributed by atoms with Crippen LogP contribution in [0.1, 0.15) is 12.0 Å². The molecule has 2 heterocycles. The van der Waals surface area contributed by atoms with Gasteiger partial charge in [-0.05, 0) is 31.0 Å². The van der Waals surface area contributed by atoms with Crippen LogP contribution in [0.5, 0.6) is 0 Å². The first-order chi connectivity index (χ1) is 7.42. The van der Waals surface area contributed by atoms with Gasteiger partial charge in [-0.2, -0.15) is 0 Å². The van der Waals surface area contributed by atoms with Crippen molar-refractivity contribution in [2.24, 2.45) is 5.73 Å². The first-order valence-corrected chi connectivity index (χ1v) is 5.82. The smallest absolute Gasteiger partial charge is 0.123 e. The predicted molar refractivity (Wildman–Crippen MR) is 62.7 cm³/mol. The van der Waals surface area contributed by atoms with Crippen LogP contribution in [0.3, 0.4) is 0 Å². The Kier molecular flexibility index (Phi) is 3.42. The molecule has 0 atom stereocenters. The van der Waals surface area contributed by atoms with Gasteiger partial charge in [-0.25, -0.2) is 4.98 Å². The zero-order valence-corrected chi connectivity index (χ0v) is 9.20. The summed E-state index contributed by atoms with van der Waals surface area (Å²) in [6.07, 6.45) is 7.51. The quantitative estimate of drug-likeness (QED) is 0.856. The van der Waals surface area contributed by atoms with Crippen molar-refractivity contribution in [3.05, 3.63) is 35.6 Å². The minimum atomic E-state index is 0.714. The van der Waals surface area contributed by atoms with E-state index in [1.54, 1.807) is 11.3 Å². The van der Waals surface area contributed by atoms with Gasteiger partial charge < -0.3 is 5.73 Å². The molecule has 0 unspecified atom stereocenters. The normalized spacial score (nSPS) is 10.5. The minimum Gasteiger partial charge on any atom is -0.330 e. The van der Waals surface area contributed by atoms with Crippen LogP contribution in [0.15, 0.2) is 30.0 Å². The Morgan fingerprint density at radius 1 is 1.33 bits per heavy atom. The van der Waals surface area contributed by atoms with Crippen LogP contribution in [0, 0.1) is 0 Å². The van der Waals surface area contributed by atoms with Crippen molar-refractivity contribution < 1.29 is 0 Å². The first kappa shape index (κ1) is 10.3. The maximum Gasteiger partial charge on any atom is 0.123 e. The average Bonchev–Trinajstić information content (AvgIpc) is 2.80. The Morgan fingerprint density at radius 3 is 3.00 bits per heavy atom. The molecule has 0 amide bonds. The summed E-state index contributed by atoms with van der Waals surface area (Å²) in [7, 11) is 0. The highest BCUT2D eigenvalue weighted by atomic mass is 32.1. The number of rotatable bonds is 4. The van der Waals surface area contributed by atoms with Crippen LogP contribution in [0.4, 0.5) is 0 Å². The number of pyridine rings is 1. The molecule has 0 aliphatic heterocycles. The third-order valence-corrected chi connectivity index (χ3v) is 3.02. The molecule has 78 valence electrons. The topological polar surface area (TPSA) is 51.8 Å². The highest BCUT2D eigenvalue weighted by Crippen LogP contribution is 2.25. The molecule has 0 aliphatic carbocycles. The summed E-state index contributed by atoms with van der Waals surface area (Å²) in [5.74, 6) is 0. The fraction of sp³-hybridized carbons (Fsp3) is 0.273. The van der Waals surface area contributed by atoms with Crippen molar-refractivity contribution in [1.82, 2.24) is 9.97 Å². The van der Waals surface area contributed by atoms with E-state index < -0.39 is 0 Å². The minimum absolute atomic E-state index is 0.714. The zero-order valence-electron chi connectivity index (χ0n) is 8.39. The summed E-state index contributed by atoms with van der Waals surface area (Å²) in [5.41, 5.74) is 7.93. The molecule has 2 rings (SSSR count). The molecule has 0 fully saturated rings. The Morgan fingerprint density at radius 2 is 2.27 bits per heavy atom. The van der Waals surface area contributed by atoms with E-state index in [2.05, 4.69) is 9.97 Å². The second-order valence-electron chi connectivity index (χ2n) is 3.26. The van der Waals surface area contributed by atoms with Gasteiger partial charge in [0.25, 0.3) is 0 Å². The third kappa shape index (κ3) is 2.40. The van der Waals surface area contributed by atoms with Crippen molar-refractivity contribution in [2.75, 3.05) is 6.54 Å². The third-order valence-electron chi connectivity index (χ3n) is 2.22. The maximum atomic E-state index is 5.51. The largest absolute Gasteiger partial charge is 0.330 e. The van der Waals surface area contributed by atoms with Crippen LogP contribution < -0.4 is 5.73 Å². The molecule has 0 bridgehead atoms. The van der Waals surface area contributed by atoms with Crippen LogP contribution >= 0.6 is 11.3 Å². The molecular weight excluding hydrogens is 206 g/mol. The van der Waals surface area contributed by atoms with E-state index in [0.717, 1.165) is 17.8 Å². The number of aryl methyl sites for hydroxylation is 1. The molecular formula is C11H13N3S. The highest BCUT2D eigenvalue weighted by Gasteiger charge is 2.06. The molecule has 4 heteroatoms. The lowest BCUT2D eigenvalue weighted by Crippen LogP contribution is -2.01. The van der Waals surface area contributed by atoms with E-state index in [9.17, 15) is 0 Å². The SMILES string of the molecule is NCCCc1cnccc1-c1nccs1. The number of hydrogen-bond acceptors (Lipinski definition) is 4. The van der Waals surface area contributed by atoms with E-state index in [4.69, 9.17) is 5.73 Å². The van der Waals surface area contributed by atoms with Crippen LogP contribution in [0.2, 0.25) is 0 Å². The molecule has 2 N–H and O–H groups in total. The van der Waals surface area contributed by atoms with Gasteiger partial charge in [0, 0.05) is 29.5 Å². The summed E-state index contributed by atoms with van der Waals surface area (Å²) in [6.45, 7) is 0.714. The van der Waals surface area contributed by atoms with E-state index >= 15 is 0 Å². The number of hydrogen-bond donors (Lipinski definition) is 1. The zero-order chi connectivity index (χ0) is 10.5. The first-order valence-electron chi connectivity index (χ1n) is 4.94. The summed E-state index contributed by atoms with van der Waals surface area (Å²) in [4.78, 5) is 8.46. The predicted octanol–water partition coefficient (Wildman–Crippen LogP) is 2.10. The van der Waals surface area contributed by atoms with E-state index in [1.165, 1.54) is 11.1 Å². The van der Waals surface area contributed by atoms with Crippen LogP contribution in [-0.4, -0.2) is 16.5 Å². The molecule has 0 saturated heterocycles. The molecule has 2 aromatic rings.